The van der Waals surface area contributed by atoms with E-state index in [0.29, 0.717) is 6.04 Å². The second kappa shape index (κ2) is 9.26. The molecule has 1 atom stereocenters. The Hall–Kier alpha value is -0.290. The Balaban J connectivity index is 0.00000192. The van der Waals surface area contributed by atoms with Gasteiger partial charge in [-0.1, -0.05) is 42.0 Å². The second-order valence-electron chi connectivity index (χ2n) is 6.49. The highest BCUT2D eigenvalue weighted by Crippen LogP contribution is 2.21. The quantitative estimate of drug-likeness (QED) is 0.743. The van der Waals surface area contributed by atoms with Crippen LogP contribution in [0, 0.1) is 6.92 Å². The molecule has 1 aromatic carbocycles. The molecule has 0 saturated carbocycles. The lowest BCUT2D eigenvalue weighted by atomic mass is 10.1. The number of rotatable bonds is 4. The number of hydrogen-bond donors (Lipinski definition) is 0. The van der Waals surface area contributed by atoms with E-state index in [1.54, 1.807) is 0 Å². The summed E-state index contributed by atoms with van der Waals surface area (Å²) in [4.78, 5) is 6.27. The average molecular weight is 371 g/mol. The van der Waals surface area contributed by atoms with Crippen LogP contribution in [0.4, 0.5) is 0 Å². The van der Waals surface area contributed by atoms with E-state index < -0.39 is 0 Å². The highest BCUT2D eigenvalue weighted by Gasteiger charge is 2.27. The maximum Gasteiger partial charge on any atom is 0.0827 e. The number of nitrogens with zero attached hydrogens (tertiary/aromatic N) is 2. The van der Waals surface area contributed by atoms with Gasteiger partial charge in [-0.2, -0.15) is 11.8 Å². The van der Waals surface area contributed by atoms with Crippen LogP contribution in [0.25, 0.3) is 0 Å². The molecule has 3 rings (SSSR count). The van der Waals surface area contributed by atoms with E-state index in [9.17, 15) is 0 Å². The van der Waals surface area contributed by atoms with Gasteiger partial charge in [-0.15, -0.1) is 12.4 Å². The molecule has 0 aliphatic carbocycles. The lowest BCUT2D eigenvalue weighted by molar-refractivity contribution is 0.237. The molecule has 2 nitrogen and oxygen atoms in total. The number of aryl methyl sites for hydroxylation is 1. The van der Waals surface area contributed by atoms with Gasteiger partial charge in [-0.25, -0.2) is 0 Å². The third kappa shape index (κ3) is 5.35. The van der Waals surface area contributed by atoms with E-state index in [2.05, 4.69) is 52.8 Å². The Morgan fingerprint density at radius 1 is 1.17 bits per heavy atom. The summed E-state index contributed by atoms with van der Waals surface area (Å²) in [5, 5.41) is 0. The van der Waals surface area contributed by atoms with Crippen LogP contribution >= 0.6 is 36.4 Å². The Kier molecular flexibility index (Phi) is 7.67. The summed E-state index contributed by atoms with van der Waals surface area (Å²) < 4.78 is 0. The van der Waals surface area contributed by atoms with E-state index in [0.717, 1.165) is 18.0 Å². The van der Waals surface area contributed by atoms with Crippen molar-refractivity contribution in [1.29, 1.82) is 0 Å². The fourth-order valence-electron chi connectivity index (χ4n) is 3.38. The van der Waals surface area contributed by atoms with Crippen molar-refractivity contribution in [1.82, 2.24) is 9.80 Å². The monoisotopic (exact) mass is 370 g/mol. The molecule has 2 saturated heterocycles. The minimum atomic E-state index is 0. The van der Waals surface area contributed by atoms with Crippen LogP contribution in [0.2, 0.25) is 0 Å². The van der Waals surface area contributed by atoms with Crippen LogP contribution in [0.3, 0.4) is 0 Å². The number of hydrogen-bond acceptors (Lipinski definition) is 3. The minimum absolute atomic E-state index is 0. The molecule has 0 amide bonds. The molecule has 23 heavy (non-hydrogen) atoms. The van der Waals surface area contributed by atoms with Crippen LogP contribution in [0.15, 0.2) is 24.3 Å². The lowest BCUT2D eigenvalue weighted by Crippen LogP contribution is -2.51. The zero-order chi connectivity index (χ0) is 15.4. The van der Waals surface area contributed by atoms with E-state index in [-0.39, 0.29) is 12.4 Å². The molecular weight excluding hydrogens is 344 g/mol. The highest BCUT2D eigenvalue weighted by atomic mass is 35.5. The van der Waals surface area contributed by atoms with Crippen LogP contribution in [0.1, 0.15) is 24.0 Å². The second-order valence-corrected chi connectivity index (χ2v) is 8.11. The smallest absolute Gasteiger partial charge is 0.0827 e. The summed E-state index contributed by atoms with van der Waals surface area (Å²) in [5.74, 6) is 2.44. The first-order valence-electron chi connectivity index (χ1n) is 8.37. The SMILES string of the molecule is Cc1ccc(CC(=S)N2CCSCC2CN2CCCC2)cc1.Cl. The van der Waals surface area contributed by atoms with E-state index in [1.165, 1.54) is 55.1 Å². The summed E-state index contributed by atoms with van der Waals surface area (Å²) in [6.07, 6.45) is 3.65. The number of thioether (sulfide) groups is 1. The van der Waals surface area contributed by atoms with E-state index in [4.69, 9.17) is 12.2 Å². The number of benzene rings is 1. The highest BCUT2D eigenvalue weighted by molar-refractivity contribution is 7.99. The molecule has 0 spiro atoms. The predicted octanol–water partition coefficient (Wildman–Crippen LogP) is 3.80. The fourth-order valence-corrected chi connectivity index (χ4v) is 4.84. The van der Waals surface area contributed by atoms with Crippen LogP contribution in [-0.2, 0) is 6.42 Å². The van der Waals surface area contributed by atoms with Gasteiger partial charge in [0.15, 0.2) is 0 Å². The third-order valence-corrected chi connectivity index (χ3v) is 6.16. The maximum atomic E-state index is 5.80. The molecule has 5 heteroatoms. The summed E-state index contributed by atoms with van der Waals surface area (Å²) in [7, 11) is 0. The van der Waals surface area contributed by atoms with Gasteiger partial charge in [0.05, 0.1) is 11.0 Å². The number of thiocarbonyl (C=S) groups is 1. The molecule has 0 aromatic heterocycles. The number of likely N-dealkylation sites (tertiary alicyclic amines) is 1. The Bertz CT molecular complexity index is 500. The molecule has 2 aliphatic rings. The Morgan fingerprint density at radius 2 is 1.87 bits per heavy atom. The summed E-state index contributed by atoms with van der Waals surface area (Å²) >= 11 is 7.89. The molecule has 1 unspecified atom stereocenters. The molecule has 0 radical (unpaired) electrons. The van der Waals surface area contributed by atoms with Crippen molar-refractivity contribution < 1.29 is 0 Å². The Morgan fingerprint density at radius 3 is 2.57 bits per heavy atom. The maximum absolute atomic E-state index is 5.80. The van der Waals surface area contributed by atoms with Gasteiger partial charge in [0, 0.05) is 31.0 Å². The minimum Gasteiger partial charge on any atom is -0.360 e. The van der Waals surface area contributed by atoms with Crippen LogP contribution in [0.5, 0.6) is 0 Å². The molecule has 1 aromatic rings. The molecule has 2 heterocycles. The van der Waals surface area contributed by atoms with Gasteiger partial charge < -0.3 is 9.80 Å². The summed E-state index contributed by atoms with van der Waals surface area (Å²) in [6, 6.07) is 9.41. The van der Waals surface area contributed by atoms with Crippen molar-refractivity contribution >= 4 is 41.4 Å². The molecule has 2 fully saturated rings. The van der Waals surface area contributed by atoms with Gasteiger partial charge in [0.1, 0.15) is 0 Å². The van der Waals surface area contributed by atoms with E-state index >= 15 is 0 Å². The first-order chi connectivity index (χ1) is 10.7. The van der Waals surface area contributed by atoms with Crippen molar-refractivity contribution in [3.63, 3.8) is 0 Å². The van der Waals surface area contributed by atoms with Crippen molar-refractivity contribution in [2.45, 2.75) is 32.2 Å². The van der Waals surface area contributed by atoms with E-state index in [1.807, 2.05) is 0 Å². The standard InChI is InChI=1S/C18H26N2S2.ClH/c1-15-4-6-16(7-5-15)12-18(21)20-10-11-22-14-17(20)13-19-8-2-3-9-19;/h4-7,17H,2-3,8-14H2,1H3;1H. The normalized spacial score (nSPS) is 22.0. The first kappa shape index (κ1) is 19.0. The van der Waals surface area contributed by atoms with Crippen LogP contribution in [-0.4, -0.2) is 58.5 Å². The first-order valence-corrected chi connectivity index (χ1v) is 9.94. The van der Waals surface area contributed by atoms with Crippen molar-refractivity contribution in [2.75, 3.05) is 37.7 Å². The predicted molar refractivity (Wildman–Crippen MR) is 108 cm³/mol. The molecule has 0 N–H and O–H groups in total. The zero-order valence-electron chi connectivity index (χ0n) is 13.9. The van der Waals surface area contributed by atoms with Gasteiger partial charge >= 0.3 is 0 Å². The van der Waals surface area contributed by atoms with Crippen LogP contribution < -0.4 is 0 Å². The largest absolute Gasteiger partial charge is 0.360 e. The summed E-state index contributed by atoms with van der Waals surface area (Å²) in [6.45, 7) is 7.00. The van der Waals surface area contributed by atoms with Gasteiger partial charge in [-0.3, -0.25) is 0 Å². The average Bonchev–Trinajstić information content (AvgIpc) is 3.03. The van der Waals surface area contributed by atoms with Gasteiger partial charge in [-0.05, 0) is 38.4 Å². The number of halogens is 1. The molecule has 2 aliphatic heterocycles. The zero-order valence-corrected chi connectivity index (χ0v) is 16.3. The summed E-state index contributed by atoms with van der Waals surface area (Å²) in [5.41, 5.74) is 2.66. The fraction of sp³-hybridized carbons (Fsp3) is 0.611. The van der Waals surface area contributed by atoms with Crippen molar-refractivity contribution in [2.24, 2.45) is 0 Å². The Labute approximate surface area is 156 Å². The van der Waals surface area contributed by atoms with Gasteiger partial charge in [0.2, 0.25) is 0 Å². The third-order valence-electron chi connectivity index (χ3n) is 4.69. The molecule has 0 bridgehead atoms. The lowest BCUT2D eigenvalue weighted by Gasteiger charge is -2.39. The molecule has 128 valence electrons. The van der Waals surface area contributed by atoms with Crippen molar-refractivity contribution in [3.05, 3.63) is 35.4 Å². The van der Waals surface area contributed by atoms with Gasteiger partial charge in [0.25, 0.3) is 0 Å². The topological polar surface area (TPSA) is 6.48 Å². The van der Waals surface area contributed by atoms with Crippen molar-refractivity contribution in [3.8, 4) is 0 Å². The molecular formula is C18H27ClN2S2.